The van der Waals surface area contributed by atoms with Gasteiger partial charge in [0.15, 0.2) is 0 Å². The number of rotatable bonds is 4. The molecular weight excluding hydrogens is 216 g/mol. The first-order chi connectivity index (χ1) is 8.18. The molecule has 0 aliphatic rings. The molecule has 4 nitrogen and oxygen atoms in total. The van der Waals surface area contributed by atoms with Crippen molar-refractivity contribution in [2.45, 2.75) is 19.4 Å². The fourth-order valence-corrected chi connectivity index (χ4v) is 1.80. The molecule has 4 heteroatoms. The molecule has 0 amide bonds. The normalized spacial score (nSPS) is 12.3. The van der Waals surface area contributed by atoms with Crippen LogP contribution in [0.2, 0.25) is 0 Å². The van der Waals surface area contributed by atoms with Crippen LogP contribution in [0.15, 0.2) is 42.7 Å². The third-order valence-corrected chi connectivity index (χ3v) is 2.80. The Balaban J connectivity index is 2.26. The zero-order valence-electron chi connectivity index (χ0n) is 9.58. The SMILES string of the molecule is Cc1nccn1CC(C(=O)O)c1ccccc1. The van der Waals surface area contributed by atoms with Gasteiger partial charge in [0.25, 0.3) is 0 Å². The first kappa shape index (κ1) is 11.4. The molecule has 1 aromatic heterocycles. The summed E-state index contributed by atoms with van der Waals surface area (Å²) in [6.45, 7) is 2.27. The Morgan fingerprint density at radius 2 is 2.12 bits per heavy atom. The maximum absolute atomic E-state index is 11.3. The van der Waals surface area contributed by atoms with Gasteiger partial charge in [0.2, 0.25) is 0 Å². The van der Waals surface area contributed by atoms with Gasteiger partial charge >= 0.3 is 5.97 Å². The highest BCUT2D eigenvalue weighted by Gasteiger charge is 2.20. The van der Waals surface area contributed by atoms with Crippen LogP contribution >= 0.6 is 0 Å². The van der Waals surface area contributed by atoms with E-state index in [2.05, 4.69) is 4.98 Å². The molecule has 0 bridgehead atoms. The van der Waals surface area contributed by atoms with Gasteiger partial charge in [-0.15, -0.1) is 0 Å². The number of nitrogens with zero attached hydrogens (tertiary/aromatic N) is 2. The van der Waals surface area contributed by atoms with Gasteiger partial charge in [0.1, 0.15) is 5.82 Å². The van der Waals surface area contributed by atoms with Crippen molar-refractivity contribution < 1.29 is 9.90 Å². The van der Waals surface area contributed by atoms with Crippen LogP contribution in [0, 0.1) is 6.92 Å². The molecule has 1 N–H and O–H groups in total. The lowest BCUT2D eigenvalue weighted by Crippen LogP contribution is -2.18. The van der Waals surface area contributed by atoms with Crippen molar-refractivity contribution >= 4 is 5.97 Å². The fourth-order valence-electron chi connectivity index (χ4n) is 1.80. The highest BCUT2D eigenvalue weighted by atomic mass is 16.4. The second-order valence-electron chi connectivity index (χ2n) is 3.93. The second kappa shape index (κ2) is 4.82. The van der Waals surface area contributed by atoms with Crippen molar-refractivity contribution in [2.24, 2.45) is 0 Å². The van der Waals surface area contributed by atoms with Gasteiger partial charge in [-0.25, -0.2) is 4.98 Å². The molecule has 1 aromatic carbocycles. The summed E-state index contributed by atoms with van der Waals surface area (Å²) < 4.78 is 1.85. The molecule has 2 aromatic rings. The largest absolute Gasteiger partial charge is 0.481 e. The smallest absolute Gasteiger partial charge is 0.312 e. The molecule has 1 atom stereocenters. The van der Waals surface area contributed by atoms with E-state index in [-0.39, 0.29) is 0 Å². The van der Waals surface area contributed by atoms with Gasteiger partial charge in [-0.3, -0.25) is 4.79 Å². The monoisotopic (exact) mass is 230 g/mol. The average molecular weight is 230 g/mol. The average Bonchev–Trinajstić information content (AvgIpc) is 2.72. The lowest BCUT2D eigenvalue weighted by atomic mass is 9.99. The summed E-state index contributed by atoms with van der Waals surface area (Å²) in [6, 6.07) is 9.26. The fraction of sp³-hybridized carbons (Fsp3) is 0.231. The number of carboxylic acids is 1. The number of imidazole rings is 1. The molecule has 0 saturated carbocycles. The Hall–Kier alpha value is -2.10. The van der Waals surface area contributed by atoms with Gasteiger partial charge in [-0.1, -0.05) is 30.3 Å². The summed E-state index contributed by atoms with van der Waals surface area (Å²) in [5, 5.41) is 9.28. The summed E-state index contributed by atoms with van der Waals surface area (Å²) in [5.41, 5.74) is 0.813. The molecule has 0 radical (unpaired) electrons. The minimum atomic E-state index is -0.815. The number of carboxylic acid groups (broad SMARTS) is 1. The van der Waals surface area contributed by atoms with E-state index in [9.17, 15) is 9.90 Å². The van der Waals surface area contributed by atoms with Crippen molar-refractivity contribution in [1.29, 1.82) is 0 Å². The quantitative estimate of drug-likeness (QED) is 0.874. The van der Waals surface area contributed by atoms with Gasteiger partial charge in [-0.05, 0) is 12.5 Å². The van der Waals surface area contributed by atoms with Crippen LogP contribution in [0.3, 0.4) is 0 Å². The second-order valence-corrected chi connectivity index (χ2v) is 3.93. The maximum Gasteiger partial charge on any atom is 0.312 e. The summed E-state index contributed by atoms with van der Waals surface area (Å²) in [7, 11) is 0. The molecular formula is C13H14N2O2. The standard InChI is InChI=1S/C13H14N2O2/c1-10-14-7-8-15(10)9-12(13(16)17)11-5-3-2-4-6-11/h2-8,12H,9H2,1H3,(H,16,17). The lowest BCUT2D eigenvalue weighted by molar-refractivity contribution is -0.139. The third kappa shape index (κ3) is 2.53. The van der Waals surface area contributed by atoms with Crippen LogP contribution in [0.1, 0.15) is 17.3 Å². The molecule has 2 rings (SSSR count). The molecule has 0 aliphatic carbocycles. The topological polar surface area (TPSA) is 55.1 Å². The predicted octanol–water partition coefficient (Wildman–Crippen LogP) is 2.06. The number of benzene rings is 1. The Labute approximate surface area is 99.5 Å². The van der Waals surface area contributed by atoms with Gasteiger partial charge in [-0.2, -0.15) is 0 Å². The van der Waals surface area contributed by atoms with Crippen LogP contribution < -0.4 is 0 Å². The zero-order chi connectivity index (χ0) is 12.3. The summed E-state index contributed by atoms with van der Waals surface area (Å²) in [5.74, 6) is -0.527. The molecule has 0 saturated heterocycles. The summed E-state index contributed by atoms with van der Waals surface area (Å²) in [6.07, 6.45) is 3.48. The van der Waals surface area contributed by atoms with Gasteiger partial charge < -0.3 is 9.67 Å². The first-order valence-corrected chi connectivity index (χ1v) is 5.44. The van der Waals surface area contributed by atoms with E-state index in [0.717, 1.165) is 11.4 Å². The van der Waals surface area contributed by atoms with Crippen LogP contribution in [0.4, 0.5) is 0 Å². The Bertz CT molecular complexity index is 505. The predicted molar refractivity (Wildman–Crippen MR) is 63.8 cm³/mol. The van der Waals surface area contributed by atoms with E-state index in [4.69, 9.17) is 0 Å². The van der Waals surface area contributed by atoms with Crippen molar-refractivity contribution in [3.8, 4) is 0 Å². The van der Waals surface area contributed by atoms with Crippen LogP contribution in [0.25, 0.3) is 0 Å². The molecule has 1 heterocycles. The molecule has 0 spiro atoms. The van der Waals surface area contributed by atoms with Gasteiger partial charge in [0, 0.05) is 18.9 Å². The first-order valence-electron chi connectivity index (χ1n) is 5.44. The van der Waals surface area contributed by atoms with E-state index >= 15 is 0 Å². The summed E-state index contributed by atoms with van der Waals surface area (Å²) >= 11 is 0. The molecule has 88 valence electrons. The molecule has 17 heavy (non-hydrogen) atoms. The van der Waals surface area contributed by atoms with Gasteiger partial charge in [0.05, 0.1) is 5.92 Å². The van der Waals surface area contributed by atoms with E-state index in [1.165, 1.54) is 0 Å². The molecule has 0 fully saturated rings. The number of carbonyl (C=O) groups is 1. The van der Waals surface area contributed by atoms with Crippen molar-refractivity contribution in [1.82, 2.24) is 9.55 Å². The number of aromatic nitrogens is 2. The number of aryl methyl sites for hydroxylation is 1. The Kier molecular flexibility index (Phi) is 3.23. The number of hydrogen-bond acceptors (Lipinski definition) is 2. The number of aliphatic carboxylic acids is 1. The minimum absolute atomic E-state index is 0.408. The van der Waals surface area contributed by atoms with Crippen LogP contribution in [-0.2, 0) is 11.3 Å². The molecule has 1 unspecified atom stereocenters. The highest BCUT2D eigenvalue weighted by molar-refractivity contribution is 5.75. The molecule has 0 aliphatic heterocycles. The summed E-state index contributed by atoms with van der Waals surface area (Å²) in [4.78, 5) is 15.4. The highest BCUT2D eigenvalue weighted by Crippen LogP contribution is 2.18. The maximum atomic E-state index is 11.3. The van der Waals surface area contributed by atoms with E-state index in [1.807, 2.05) is 41.8 Å². The zero-order valence-corrected chi connectivity index (χ0v) is 9.58. The Morgan fingerprint density at radius 1 is 1.41 bits per heavy atom. The van der Waals surface area contributed by atoms with Crippen molar-refractivity contribution in [3.05, 3.63) is 54.1 Å². The van der Waals surface area contributed by atoms with Crippen molar-refractivity contribution in [2.75, 3.05) is 0 Å². The number of hydrogen-bond donors (Lipinski definition) is 1. The van der Waals surface area contributed by atoms with Crippen molar-refractivity contribution in [3.63, 3.8) is 0 Å². The third-order valence-electron chi connectivity index (χ3n) is 2.80. The van der Waals surface area contributed by atoms with Crippen LogP contribution in [0.5, 0.6) is 0 Å². The Morgan fingerprint density at radius 3 is 2.65 bits per heavy atom. The van der Waals surface area contributed by atoms with E-state index in [1.54, 1.807) is 12.4 Å². The van der Waals surface area contributed by atoms with E-state index in [0.29, 0.717) is 6.54 Å². The minimum Gasteiger partial charge on any atom is -0.481 e. The van der Waals surface area contributed by atoms with Crippen LogP contribution in [-0.4, -0.2) is 20.6 Å². The lowest BCUT2D eigenvalue weighted by Gasteiger charge is -2.14. The van der Waals surface area contributed by atoms with E-state index < -0.39 is 11.9 Å².